The average Bonchev–Trinajstić information content (AvgIpc) is 2.30. The third kappa shape index (κ3) is 8.29. The number of hydrogen-bond donors (Lipinski definition) is 0. The molecule has 0 radical (unpaired) electrons. The van der Waals surface area contributed by atoms with Crippen LogP contribution in [-0.2, 0) is 23.5 Å². The van der Waals surface area contributed by atoms with Crippen molar-refractivity contribution in [3.63, 3.8) is 0 Å². The summed E-state index contributed by atoms with van der Waals surface area (Å²) in [5.41, 5.74) is 1.30. The molecule has 0 atom stereocenters. The van der Waals surface area contributed by atoms with Crippen molar-refractivity contribution < 1.29 is 22.2 Å². The van der Waals surface area contributed by atoms with Gasteiger partial charge in [-0.15, -0.1) is 5.75 Å². The standard InChI is InChI=1S/C15H24O.Cu/c1-2-3-4-5-6-7-8-9-14-10-12-15(16)13-11-14;/h10-13,16H,2-9H2,1H3;/q;+1/p-1. The minimum Gasteiger partial charge on any atom is -0.872 e. The van der Waals surface area contributed by atoms with Crippen LogP contribution >= 0.6 is 0 Å². The van der Waals surface area contributed by atoms with Crippen LogP contribution < -0.4 is 5.11 Å². The summed E-state index contributed by atoms with van der Waals surface area (Å²) in [6.07, 6.45) is 10.5. The fraction of sp³-hybridized carbons (Fsp3) is 0.600. The Labute approximate surface area is 116 Å². The predicted octanol–water partition coefficient (Wildman–Crippen LogP) is 4.05. The van der Waals surface area contributed by atoms with Gasteiger partial charge >= 0.3 is 17.1 Å². The van der Waals surface area contributed by atoms with E-state index in [1.807, 2.05) is 12.1 Å². The first-order valence-electron chi connectivity index (χ1n) is 6.59. The van der Waals surface area contributed by atoms with Gasteiger partial charge in [0.1, 0.15) is 0 Å². The molecule has 0 saturated heterocycles. The first-order chi connectivity index (χ1) is 7.83. The summed E-state index contributed by atoms with van der Waals surface area (Å²) in [7, 11) is 0. The summed E-state index contributed by atoms with van der Waals surface area (Å²) in [4.78, 5) is 0. The molecule has 0 aliphatic carbocycles. The van der Waals surface area contributed by atoms with Gasteiger partial charge in [-0.05, 0) is 18.4 Å². The molecular weight excluding hydrogens is 260 g/mol. The average molecular weight is 283 g/mol. The molecule has 0 aliphatic rings. The molecule has 0 heterocycles. The van der Waals surface area contributed by atoms with Gasteiger partial charge in [0, 0.05) is 0 Å². The number of benzene rings is 1. The SMILES string of the molecule is CCCCCCCCCc1ccc([O-])cc1.[Cu+]. The molecule has 0 aromatic heterocycles. The molecule has 0 spiro atoms. The third-order valence-electron chi connectivity index (χ3n) is 2.99. The number of rotatable bonds is 8. The Morgan fingerprint density at radius 3 is 1.94 bits per heavy atom. The zero-order chi connectivity index (χ0) is 11.6. The first kappa shape index (κ1) is 16.5. The summed E-state index contributed by atoms with van der Waals surface area (Å²) in [5, 5.41) is 10.9. The van der Waals surface area contributed by atoms with Crippen molar-refractivity contribution in [3.8, 4) is 5.75 Å². The van der Waals surface area contributed by atoms with E-state index in [9.17, 15) is 5.11 Å². The molecule has 0 aliphatic heterocycles. The van der Waals surface area contributed by atoms with Crippen molar-refractivity contribution in [2.24, 2.45) is 0 Å². The van der Waals surface area contributed by atoms with E-state index in [0.29, 0.717) is 0 Å². The van der Waals surface area contributed by atoms with Gasteiger partial charge in [-0.2, -0.15) is 0 Å². The van der Waals surface area contributed by atoms with Gasteiger partial charge in [-0.25, -0.2) is 0 Å². The molecule has 1 aromatic rings. The Hall–Kier alpha value is -0.461. The maximum atomic E-state index is 10.9. The Morgan fingerprint density at radius 2 is 1.35 bits per heavy atom. The van der Waals surface area contributed by atoms with Crippen molar-refractivity contribution in [1.29, 1.82) is 0 Å². The van der Waals surface area contributed by atoms with E-state index in [2.05, 4.69) is 6.92 Å². The van der Waals surface area contributed by atoms with Crippen LogP contribution in [0.2, 0.25) is 0 Å². The Balaban J connectivity index is 0.00000256. The van der Waals surface area contributed by atoms with Crippen molar-refractivity contribution in [2.45, 2.75) is 58.3 Å². The molecule has 0 saturated carbocycles. The number of unbranched alkanes of at least 4 members (excludes halogenated alkanes) is 6. The molecule has 100 valence electrons. The van der Waals surface area contributed by atoms with Crippen molar-refractivity contribution >= 4 is 0 Å². The molecule has 0 N–H and O–H groups in total. The van der Waals surface area contributed by atoms with E-state index in [1.165, 1.54) is 50.5 Å². The minimum absolute atomic E-state index is 0. The topological polar surface area (TPSA) is 23.1 Å². The Morgan fingerprint density at radius 1 is 0.824 bits per heavy atom. The maximum absolute atomic E-state index is 10.9. The van der Waals surface area contributed by atoms with E-state index in [0.717, 1.165) is 6.42 Å². The molecular formula is C15H23CuO. The maximum Gasteiger partial charge on any atom is 1.00 e. The summed E-state index contributed by atoms with van der Waals surface area (Å²) in [6.45, 7) is 2.25. The van der Waals surface area contributed by atoms with E-state index < -0.39 is 0 Å². The molecule has 1 rings (SSSR count). The van der Waals surface area contributed by atoms with Crippen LogP contribution in [0.15, 0.2) is 24.3 Å². The Kier molecular flexibility index (Phi) is 10.4. The van der Waals surface area contributed by atoms with Gasteiger partial charge < -0.3 is 5.11 Å². The first-order valence-corrected chi connectivity index (χ1v) is 6.59. The van der Waals surface area contributed by atoms with E-state index >= 15 is 0 Å². The van der Waals surface area contributed by atoms with Crippen LogP contribution in [0.4, 0.5) is 0 Å². The number of aryl methyl sites for hydroxylation is 1. The van der Waals surface area contributed by atoms with Crippen LogP contribution in [0, 0.1) is 0 Å². The molecule has 0 amide bonds. The molecule has 2 heteroatoms. The summed E-state index contributed by atoms with van der Waals surface area (Å²) in [5.74, 6) is 0.114. The smallest absolute Gasteiger partial charge is 0.872 e. The third-order valence-corrected chi connectivity index (χ3v) is 2.99. The van der Waals surface area contributed by atoms with Crippen molar-refractivity contribution in [1.82, 2.24) is 0 Å². The summed E-state index contributed by atoms with van der Waals surface area (Å²) < 4.78 is 0. The monoisotopic (exact) mass is 282 g/mol. The Bertz CT molecular complexity index is 269. The van der Waals surface area contributed by atoms with Crippen LogP contribution in [0.5, 0.6) is 5.75 Å². The summed E-state index contributed by atoms with van der Waals surface area (Å²) >= 11 is 0. The molecule has 0 unspecified atom stereocenters. The van der Waals surface area contributed by atoms with Crippen molar-refractivity contribution in [3.05, 3.63) is 29.8 Å². The van der Waals surface area contributed by atoms with Crippen LogP contribution in [0.25, 0.3) is 0 Å². The van der Waals surface area contributed by atoms with Gasteiger partial charge in [0.15, 0.2) is 0 Å². The quantitative estimate of drug-likeness (QED) is 0.521. The second-order valence-electron chi connectivity index (χ2n) is 4.52. The van der Waals surface area contributed by atoms with Crippen LogP contribution in [-0.4, -0.2) is 0 Å². The zero-order valence-electron chi connectivity index (χ0n) is 10.7. The predicted molar refractivity (Wildman–Crippen MR) is 67.6 cm³/mol. The van der Waals surface area contributed by atoms with Gasteiger partial charge in [0.05, 0.1) is 0 Å². The van der Waals surface area contributed by atoms with Gasteiger partial charge in [-0.1, -0.05) is 69.7 Å². The summed E-state index contributed by atoms with van der Waals surface area (Å²) in [6, 6.07) is 7.24. The molecule has 1 aromatic carbocycles. The second kappa shape index (κ2) is 10.7. The minimum atomic E-state index is 0. The fourth-order valence-corrected chi connectivity index (χ4v) is 1.94. The van der Waals surface area contributed by atoms with E-state index in [-0.39, 0.29) is 22.8 Å². The van der Waals surface area contributed by atoms with E-state index in [1.54, 1.807) is 12.1 Å². The van der Waals surface area contributed by atoms with Crippen LogP contribution in [0.3, 0.4) is 0 Å². The normalized spacial score (nSPS) is 9.94. The van der Waals surface area contributed by atoms with Gasteiger partial charge in [0.2, 0.25) is 0 Å². The molecule has 17 heavy (non-hydrogen) atoms. The molecule has 0 bridgehead atoms. The zero-order valence-corrected chi connectivity index (χ0v) is 11.6. The number of hydrogen-bond acceptors (Lipinski definition) is 1. The fourth-order valence-electron chi connectivity index (χ4n) is 1.94. The van der Waals surface area contributed by atoms with Gasteiger partial charge in [0.25, 0.3) is 0 Å². The second-order valence-corrected chi connectivity index (χ2v) is 4.52. The largest absolute Gasteiger partial charge is 1.00 e. The van der Waals surface area contributed by atoms with E-state index in [4.69, 9.17) is 0 Å². The van der Waals surface area contributed by atoms with Gasteiger partial charge in [-0.3, -0.25) is 0 Å². The van der Waals surface area contributed by atoms with Crippen LogP contribution in [0.1, 0.15) is 57.4 Å². The molecule has 0 fully saturated rings. The molecule has 1 nitrogen and oxygen atoms in total. The van der Waals surface area contributed by atoms with Crippen molar-refractivity contribution in [2.75, 3.05) is 0 Å².